The summed E-state index contributed by atoms with van der Waals surface area (Å²) < 4.78 is 13.5. The van der Waals surface area contributed by atoms with Gasteiger partial charge in [0.1, 0.15) is 5.82 Å². The molecule has 0 aliphatic carbocycles. The molecule has 20 heavy (non-hydrogen) atoms. The topological polar surface area (TPSA) is 12.0 Å². The minimum Gasteiger partial charge on any atom is -0.310 e. The average Bonchev–Trinajstić information content (AvgIpc) is 2.40. The molecule has 0 aliphatic heterocycles. The fourth-order valence-corrected chi connectivity index (χ4v) is 2.25. The van der Waals surface area contributed by atoms with Crippen LogP contribution >= 0.6 is 11.6 Å². The molecule has 0 spiro atoms. The van der Waals surface area contributed by atoms with Crippen molar-refractivity contribution >= 4 is 11.6 Å². The summed E-state index contributed by atoms with van der Waals surface area (Å²) >= 11 is 6.19. The number of aryl methyl sites for hydroxylation is 1. The average molecular weight is 292 g/mol. The van der Waals surface area contributed by atoms with E-state index in [4.69, 9.17) is 11.6 Å². The molecule has 0 heterocycles. The molecule has 0 amide bonds. The monoisotopic (exact) mass is 291 g/mol. The SMILES string of the molecule is Cc1ccc(-c2ccc(F)cc2CNC(C)C)cc1Cl. The van der Waals surface area contributed by atoms with E-state index in [0.29, 0.717) is 12.6 Å². The van der Waals surface area contributed by atoms with E-state index in [2.05, 4.69) is 19.2 Å². The third-order valence-electron chi connectivity index (χ3n) is 3.25. The summed E-state index contributed by atoms with van der Waals surface area (Å²) in [6.45, 7) is 6.75. The summed E-state index contributed by atoms with van der Waals surface area (Å²) in [6, 6.07) is 11.2. The van der Waals surface area contributed by atoms with Gasteiger partial charge in [0.15, 0.2) is 0 Å². The van der Waals surface area contributed by atoms with Crippen LogP contribution in [0.1, 0.15) is 25.0 Å². The van der Waals surface area contributed by atoms with Crippen LogP contribution in [0.15, 0.2) is 36.4 Å². The van der Waals surface area contributed by atoms with Gasteiger partial charge in [-0.15, -0.1) is 0 Å². The summed E-state index contributed by atoms with van der Waals surface area (Å²) in [7, 11) is 0. The Kier molecular flexibility index (Phi) is 4.79. The van der Waals surface area contributed by atoms with Gasteiger partial charge in [-0.05, 0) is 47.4 Å². The Hall–Kier alpha value is -1.38. The van der Waals surface area contributed by atoms with Gasteiger partial charge in [-0.3, -0.25) is 0 Å². The highest BCUT2D eigenvalue weighted by Crippen LogP contribution is 2.28. The van der Waals surface area contributed by atoms with Crippen LogP contribution < -0.4 is 5.32 Å². The molecule has 0 atom stereocenters. The zero-order valence-corrected chi connectivity index (χ0v) is 12.8. The van der Waals surface area contributed by atoms with Crippen molar-refractivity contribution in [3.63, 3.8) is 0 Å². The molecule has 2 aromatic carbocycles. The summed E-state index contributed by atoms with van der Waals surface area (Å²) in [5.41, 5.74) is 4.01. The Morgan fingerprint density at radius 1 is 1.15 bits per heavy atom. The van der Waals surface area contributed by atoms with E-state index < -0.39 is 0 Å². The molecule has 0 bridgehead atoms. The molecule has 0 saturated heterocycles. The molecule has 0 saturated carbocycles. The van der Waals surface area contributed by atoms with Crippen LogP contribution in [0.4, 0.5) is 4.39 Å². The first-order valence-corrected chi connectivity index (χ1v) is 7.13. The van der Waals surface area contributed by atoms with Crippen molar-refractivity contribution in [2.45, 2.75) is 33.4 Å². The lowest BCUT2D eigenvalue weighted by Gasteiger charge is -2.14. The van der Waals surface area contributed by atoms with Crippen molar-refractivity contribution in [2.75, 3.05) is 0 Å². The second-order valence-corrected chi connectivity index (χ2v) is 5.71. The van der Waals surface area contributed by atoms with Gasteiger partial charge in [-0.25, -0.2) is 4.39 Å². The molecule has 2 rings (SSSR count). The van der Waals surface area contributed by atoms with Crippen LogP contribution in [0.2, 0.25) is 5.02 Å². The van der Waals surface area contributed by atoms with Crippen molar-refractivity contribution in [3.8, 4) is 11.1 Å². The van der Waals surface area contributed by atoms with Crippen molar-refractivity contribution < 1.29 is 4.39 Å². The highest BCUT2D eigenvalue weighted by atomic mass is 35.5. The van der Waals surface area contributed by atoms with E-state index in [1.165, 1.54) is 6.07 Å². The van der Waals surface area contributed by atoms with Crippen LogP contribution in [0.5, 0.6) is 0 Å². The van der Waals surface area contributed by atoms with Crippen LogP contribution in [-0.4, -0.2) is 6.04 Å². The fourth-order valence-electron chi connectivity index (χ4n) is 2.06. The Bertz CT molecular complexity index is 608. The molecule has 106 valence electrons. The summed E-state index contributed by atoms with van der Waals surface area (Å²) in [5.74, 6) is -0.215. The highest BCUT2D eigenvalue weighted by Gasteiger charge is 2.08. The number of hydrogen-bond donors (Lipinski definition) is 1. The number of nitrogens with one attached hydrogen (secondary N) is 1. The van der Waals surface area contributed by atoms with E-state index in [-0.39, 0.29) is 5.82 Å². The van der Waals surface area contributed by atoms with Gasteiger partial charge in [0.2, 0.25) is 0 Å². The van der Waals surface area contributed by atoms with Crippen molar-refractivity contribution in [1.29, 1.82) is 0 Å². The van der Waals surface area contributed by atoms with E-state index in [1.54, 1.807) is 6.07 Å². The lowest BCUT2D eigenvalue weighted by molar-refractivity contribution is 0.582. The van der Waals surface area contributed by atoms with Crippen molar-refractivity contribution in [2.24, 2.45) is 0 Å². The van der Waals surface area contributed by atoms with Crippen LogP contribution in [0.25, 0.3) is 11.1 Å². The first-order valence-electron chi connectivity index (χ1n) is 6.75. The molecule has 0 unspecified atom stereocenters. The molecule has 1 N–H and O–H groups in total. The molecule has 3 heteroatoms. The van der Waals surface area contributed by atoms with Crippen LogP contribution in [0, 0.1) is 12.7 Å². The Morgan fingerprint density at radius 3 is 2.55 bits per heavy atom. The molecule has 0 aliphatic rings. The number of hydrogen-bond acceptors (Lipinski definition) is 1. The second kappa shape index (κ2) is 6.38. The molecule has 1 nitrogen and oxygen atoms in total. The lowest BCUT2D eigenvalue weighted by atomic mass is 9.98. The lowest BCUT2D eigenvalue weighted by Crippen LogP contribution is -2.22. The highest BCUT2D eigenvalue weighted by molar-refractivity contribution is 6.31. The van der Waals surface area contributed by atoms with Gasteiger partial charge in [-0.1, -0.05) is 43.6 Å². The van der Waals surface area contributed by atoms with Crippen LogP contribution in [-0.2, 0) is 6.54 Å². The first-order chi connectivity index (χ1) is 9.47. The molecular weight excluding hydrogens is 273 g/mol. The largest absolute Gasteiger partial charge is 0.310 e. The Morgan fingerprint density at radius 2 is 1.90 bits per heavy atom. The minimum atomic E-state index is -0.215. The van der Waals surface area contributed by atoms with Gasteiger partial charge in [0.05, 0.1) is 0 Å². The van der Waals surface area contributed by atoms with Crippen molar-refractivity contribution in [1.82, 2.24) is 5.32 Å². The Balaban J connectivity index is 2.41. The zero-order chi connectivity index (χ0) is 14.7. The maximum atomic E-state index is 13.5. The molecular formula is C17H19ClFN. The van der Waals surface area contributed by atoms with Crippen molar-refractivity contribution in [3.05, 3.63) is 58.4 Å². The summed E-state index contributed by atoms with van der Waals surface area (Å²) in [4.78, 5) is 0. The molecule has 0 radical (unpaired) electrons. The zero-order valence-electron chi connectivity index (χ0n) is 12.0. The van der Waals surface area contributed by atoms with Gasteiger partial charge in [0, 0.05) is 17.6 Å². The number of halogens is 2. The second-order valence-electron chi connectivity index (χ2n) is 5.30. The number of benzene rings is 2. The predicted octanol–water partition coefficient (Wildman–Crippen LogP) is 4.95. The van der Waals surface area contributed by atoms with E-state index in [0.717, 1.165) is 27.3 Å². The van der Waals surface area contributed by atoms with Gasteiger partial charge < -0.3 is 5.32 Å². The van der Waals surface area contributed by atoms with Crippen LogP contribution in [0.3, 0.4) is 0 Å². The smallest absolute Gasteiger partial charge is 0.123 e. The van der Waals surface area contributed by atoms with Gasteiger partial charge in [-0.2, -0.15) is 0 Å². The molecule has 2 aromatic rings. The summed E-state index contributed by atoms with van der Waals surface area (Å²) in [5, 5.41) is 4.06. The summed E-state index contributed by atoms with van der Waals surface area (Å²) in [6.07, 6.45) is 0. The molecule has 0 aromatic heterocycles. The third kappa shape index (κ3) is 3.59. The van der Waals surface area contributed by atoms with Gasteiger partial charge >= 0.3 is 0 Å². The third-order valence-corrected chi connectivity index (χ3v) is 3.66. The normalized spacial score (nSPS) is 11.1. The minimum absolute atomic E-state index is 0.215. The fraction of sp³-hybridized carbons (Fsp3) is 0.294. The maximum Gasteiger partial charge on any atom is 0.123 e. The quantitative estimate of drug-likeness (QED) is 0.840. The van der Waals surface area contributed by atoms with E-state index >= 15 is 0 Å². The maximum absolute atomic E-state index is 13.5. The predicted molar refractivity (Wildman–Crippen MR) is 83.6 cm³/mol. The van der Waals surface area contributed by atoms with Gasteiger partial charge in [0.25, 0.3) is 0 Å². The Labute approximate surface area is 124 Å². The first kappa shape index (κ1) is 15.0. The standard InChI is InChI=1S/C17H19ClFN/c1-11(2)20-10-14-8-15(19)6-7-16(14)13-5-4-12(3)17(18)9-13/h4-9,11,20H,10H2,1-3H3. The van der Waals surface area contributed by atoms with E-state index in [9.17, 15) is 4.39 Å². The van der Waals surface area contributed by atoms with E-state index in [1.807, 2.05) is 31.2 Å². The molecule has 0 fully saturated rings. The number of rotatable bonds is 4.